The lowest BCUT2D eigenvalue weighted by atomic mass is 10.0. The Morgan fingerprint density at radius 3 is 2.65 bits per heavy atom. The summed E-state index contributed by atoms with van der Waals surface area (Å²) in [6.07, 6.45) is 5.14. The monoisotopic (exact) mass is 250 g/mol. The normalized spacial score (nSPS) is 12.6. The molecule has 96 valence electrons. The zero-order valence-corrected chi connectivity index (χ0v) is 13.5. The summed E-state index contributed by atoms with van der Waals surface area (Å²) in [4.78, 5) is 0. The van der Waals surface area contributed by atoms with Crippen molar-refractivity contribution in [1.82, 2.24) is 0 Å². The van der Waals surface area contributed by atoms with Crippen molar-refractivity contribution >= 4 is 10.2 Å². The first-order valence-corrected chi connectivity index (χ1v) is 8.43. The zero-order valence-electron chi connectivity index (χ0n) is 11.5. The molecule has 0 aliphatic heterocycles. The first-order chi connectivity index (χ1) is 8.31. The molecule has 0 saturated heterocycles. The molecule has 1 atom stereocenters. The minimum atomic E-state index is 0.720. The zero-order chi connectivity index (χ0) is 12.5. The first kappa shape index (κ1) is 14.3. The highest BCUT2D eigenvalue weighted by molar-refractivity contribution is 6.08. The lowest BCUT2D eigenvalue weighted by molar-refractivity contribution is 0.232. The predicted octanol–water partition coefficient (Wildman–Crippen LogP) is 3.15. The van der Waals surface area contributed by atoms with E-state index in [4.69, 9.17) is 4.74 Å². The summed E-state index contributed by atoms with van der Waals surface area (Å²) in [5.74, 6) is 1.83. The topological polar surface area (TPSA) is 9.23 Å². The Labute approximate surface area is 109 Å². The number of para-hydroxylation sites is 1. The Kier molecular flexibility index (Phi) is 7.02. The van der Waals surface area contributed by atoms with Crippen LogP contribution in [-0.2, 0) is 6.04 Å². The van der Waals surface area contributed by atoms with Crippen molar-refractivity contribution < 1.29 is 4.74 Å². The maximum absolute atomic E-state index is 6.00. The van der Waals surface area contributed by atoms with Crippen molar-refractivity contribution in [3.8, 4) is 5.75 Å². The molecular weight excluding hydrogens is 224 g/mol. The van der Waals surface area contributed by atoms with E-state index >= 15 is 0 Å². The van der Waals surface area contributed by atoms with Crippen LogP contribution in [0.15, 0.2) is 24.3 Å². The summed E-state index contributed by atoms with van der Waals surface area (Å²) >= 11 is 0. The molecule has 1 unspecified atom stereocenters. The molecule has 0 aliphatic rings. The Balaban J connectivity index is 2.47. The van der Waals surface area contributed by atoms with E-state index < -0.39 is 0 Å². The summed E-state index contributed by atoms with van der Waals surface area (Å²) in [5, 5.41) is 0. The molecule has 0 fully saturated rings. The largest absolute Gasteiger partial charge is 0.493 e. The van der Waals surface area contributed by atoms with Crippen molar-refractivity contribution in [3.05, 3.63) is 29.8 Å². The number of ether oxygens (including phenoxy) is 1. The second kappa shape index (κ2) is 8.35. The van der Waals surface area contributed by atoms with Gasteiger partial charge in [0.1, 0.15) is 5.75 Å². The SMILES string of the molecule is CCCCC(CC)COc1ccccc1C[SiH3]. The molecule has 0 radical (unpaired) electrons. The minimum Gasteiger partial charge on any atom is -0.493 e. The Morgan fingerprint density at radius 1 is 1.24 bits per heavy atom. The van der Waals surface area contributed by atoms with Gasteiger partial charge in [-0.25, -0.2) is 0 Å². The molecular formula is C15H26OSi. The molecule has 0 N–H and O–H groups in total. The maximum Gasteiger partial charge on any atom is 0.122 e. The molecule has 1 aromatic carbocycles. The quantitative estimate of drug-likeness (QED) is 0.644. The van der Waals surface area contributed by atoms with Crippen LogP contribution in [0.25, 0.3) is 0 Å². The van der Waals surface area contributed by atoms with Gasteiger partial charge >= 0.3 is 0 Å². The van der Waals surface area contributed by atoms with Crippen LogP contribution < -0.4 is 4.74 Å². The summed E-state index contributed by atoms with van der Waals surface area (Å²) in [6.45, 7) is 5.40. The van der Waals surface area contributed by atoms with Crippen molar-refractivity contribution in [2.45, 2.75) is 45.6 Å². The van der Waals surface area contributed by atoms with Gasteiger partial charge in [-0.15, -0.1) is 0 Å². The lowest BCUT2D eigenvalue weighted by Crippen LogP contribution is -2.12. The van der Waals surface area contributed by atoms with E-state index in [0.29, 0.717) is 0 Å². The molecule has 0 aliphatic carbocycles. The number of benzene rings is 1. The van der Waals surface area contributed by atoms with E-state index in [0.717, 1.165) is 18.3 Å². The van der Waals surface area contributed by atoms with Crippen molar-refractivity contribution in [2.24, 2.45) is 5.92 Å². The van der Waals surface area contributed by atoms with E-state index in [1.54, 1.807) is 0 Å². The molecule has 1 aromatic rings. The van der Waals surface area contributed by atoms with Crippen LogP contribution in [0.4, 0.5) is 0 Å². The molecule has 0 heterocycles. The maximum atomic E-state index is 6.00. The molecule has 0 bridgehead atoms. The molecule has 1 rings (SSSR count). The van der Waals surface area contributed by atoms with Crippen LogP contribution in [-0.4, -0.2) is 16.8 Å². The second-order valence-electron chi connectivity index (χ2n) is 4.69. The Morgan fingerprint density at radius 2 is 2.00 bits per heavy atom. The molecule has 2 heteroatoms. The van der Waals surface area contributed by atoms with E-state index in [2.05, 4.69) is 38.1 Å². The van der Waals surface area contributed by atoms with Gasteiger partial charge in [0.2, 0.25) is 0 Å². The van der Waals surface area contributed by atoms with E-state index in [1.807, 2.05) is 0 Å². The number of rotatable bonds is 8. The van der Waals surface area contributed by atoms with E-state index in [9.17, 15) is 0 Å². The first-order valence-electron chi connectivity index (χ1n) is 7.02. The van der Waals surface area contributed by atoms with E-state index in [-0.39, 0.29) is 0 Å². The average molecular weight is 250 g/mol. The fourth-order valence-corrected chi connectivity index (χ4v) is 2.63. The summed E-state index contributed by atoms with van der Waals surface area (Å²) in [7, 11) is 1.20. The number of hydrogen-bond donors (Lipinski definition) is 0. The minimum absolute atomic E-state index is 0.720. The molecule has 17 heavy (non-hydrogen) atoms. The van der Waals surface area contributed by atoms with Gasteiger partial charge in [-0.05, 0) is 30.0 Å². The highest BCUT2D eigenvalue weighted by Crippen LogP contribution is 2.20. The molecule has 0 spiro atoms. The van der Waals surface area contributed by atoms with Gasteiger partial charge in [-0.2, -0.15) is 0 Å². The van der Waals surface area contributed by atoms with Crippen molar-refractivity contribution in [3.63, 3.8) is 0 Å². The highest BCUT2D eigenvalue weighted by atomic mass is 28.1. The van der Waals surface area contributed by atoms with Gasteiger partial charge in [-0.3, -0.25) is 0 Å². The van der Waals surface area contributed by atoms with E-state index in [1.165, 1.54) is 47.5 Å². The van der Waals surface area contributed by atoms with Gasteiger partial charge in [0, 0.05) is 10.2 Å². The van der Waals surface area contributed by atoms with Gasteiger partial charge < -0.3 is 4.74 Å². The fraction of sp³-hybridized carbons (Fsp3) is 0.600. The standard InChI is InChI=1S/C15H26OSi/c1-3-5-8-13(4-2)11-16-15-10-7-6-9-14(15)12-17/h6-7,9-10,13H,3-5,8,11-12H2,1-2,17H3. The molecule has 0 saturated carbocycles. The van der Waals surface area contributed by atoms with Gasteiger partial charge in [0.15, 0.2) is 0 Å². The van der Waals surface area contributed by atoms with Crippen LogP contribution in [0, 0.1) is 5.92 Å². The Hall–Kier alpha value is -0.763. The van der Waals surface area contributed by atoms with Gasteiger partial charge in [0.25, 0.3) is 0 Å². The third kappa shape index (κ3) is 4.94. The highest BCUT2D eigenvalue weighted by Gasteiger charge is 2.08. The predicted molar refractivity (Wildman–Crippen MR) is 78.9 cm³/mol. The van der Waals surface area contributed by atoms with Crippen LogP contribution in [0.2, 0.25) is 0 Å². The third-order valence-corrected chi connectivity index (χ3v) is 4.13. The van der Waals surface area contributed by atoms with Crippen LogP contribution in [0.1, 0.15) is 45.1 Å². The summed E-state index contributed by atoms with van der Waals surface area (Å²) < 4.78 is 6.00. The molecule has 0 amide bonds. The second-order valence-corrected chi connectivity index (χ2v) is 5.40. The van der Waals surface area contributed by atoms with Gasteiger partial charge in [0.05, 0.1) is 6.61 Å². The van der Waals surface area contributed by atoms with Crippen molar-refractivity contribution in [1.29, 1.82) is 0 Å². The fourth-order valence-electron chi connectivity index (χ4n) is 2.04. The summed E-state index contributed by atoms with van der Waals surface area (Å²) in [6, 6.07) is 9.66. The number of unbranched alkanes of at least 4 members (excludes halogenated alkanes) is 1. The summed E-state index contributed by atoms with van der Waals surface area (Å²) in [5.41, 5.74) is 1.38. The third-order valence-electron chi connectivity index (χ3n) is 3.37. The van der Waals surface area contributed by atoms with Crippen LogP contribution in [0.5, 0.6) is 5.75 Å². The average Bonchev–Trinajstić information content (AvgIpc) is 2.39. The molecule has 0 aromatic heterocycles. The van der Waals surface area contributed by atoms with Crippen LogP contribution >= 0.6 is 0 Å². The number of hydrogen-bond acceptors (Lipinski definition) is 1. The Bertz CT molecular complexity index is 312. The lowest BCUT2D eigenvalue weighted by Gasteiger charge is -2.17. The van der Waals surface area contributed by atoms with Crippen LogP contribution in [0.3, 0.4) is 0 Å². The smallest absolute Gasteiger partial charge is 0.122 e. The molecule has 1 nitrogen and oxygen atoms in total. The van der Waals surface area contributed by atoms with Gasteiger partial charge in [-0.1, -0.05) is 51.3 Å². The van der Waals surface area contributed by atoms with Crippen molar-refractivity contribution in [2.75, 3.05) is 6.61 Å².